The maximum absolute atomic E-state index is 5.51. The van der Waals surface area contributed by atoms with Crippen LogP contribution in [0.4, 0.5) is 0 Å². The minimum Gasteiger partial charge on any atom is -0.448 e. The molecule has 0 radical (unpaired) electrons. The van der Waals surface area contributed by atoms with Crippen molar-refractivity contribution in [1.82, 2.24) is 9.88 Å². The fourth-order valence-corrected chi connectivity index (χ4v) is 2.15. The maximum atomic E-state index is 5.51. The van der Waals surface area contributed by atoms with E-state index in [9.17, 15) is 0 Å². The highest BCUT2D eigenvalue weighted by Crippen LogP contribution is 2.25. The normalized spacial score (nSPS) is 23.2. The Morgan fingerprint density at radius 1 is 1.67 bits per heavy atom. The van der Waals surface area contributed by atoms with Crippen molar-refractivity contribution in [2.24, 2.45) is 5.73 Å². The van der Waals surface area contributed by atoms with Gasteiger partial charge in [0.25, 0.3) is 0 Å². The van der Waals surface area contributed by atoms with Gasteiger partial charge in [-0.3, -0.25) is 0 Å². The number of likely N-dealkylation sites (N-methyl/N-ethyl adjacent to an activating group) is 1. The van der Waals surface area contributed by atoms with Gasteiger partial charge in [-0.25, -0.2) is 4.98 Å². The van der Waals surface area contributed by atoms with Crippen LogP contribution in [0.5, 0.6) is 0 Å². The molecule has 0 saturated carbocycles. The molecule has 84 valence electrons. The van der Waals surface area contributed by atoms with E-state index in [0.29, 0.717) is 12.5 Å². The fraction of sp³-hybridized carbons (Fsp3) is 0.727. The van der Waals surface area contributed by atoms with E-state index in [1.165, 1.54) is 19.4 Å². The SMILES string of the molecule is CCN1CCCC(c2nc(CN)co2)C1. The second-order valence-corrected chi connectivity index (χ2v) is 4.11. The molecule has 1 atom stereocenters. The summed E-state index contributed by atoms with van der Waals surface area (Å²) in [5.74, 6) is 1.33. The first-order valence-electron chi connectivity index (χ1n) is 5.70. The van der Waals surface area contributed by atoms with Crippen molar-refractivity contribution in [2.75, 3.05) is 19.6 Å². The van der Waals surface area contributed by atoms with Crippen molar-refractivity contribution >= 4 is 0 Å². The molecule has 1 fully saturated rings. The lowest BCUT2D eigenvalue weighted by atomic mass is 9.98. The van der Waals surface area contributed by atoms with Crippen molar-refractivity contribution in [3.63, 3.8) is 0 Å². The van der Waals surface area contributed by atoms with E-state index in [1.54, 1.807) is 6.26 Å². The molecule has 0 amide bonds. The molecule has 0 bridgehead atoms. The molecule has 2 N–H and O–H groups in total. The largest absolute Gasteiger partial charge is 0.448 e. The Bertz CT molecular complexity index is 311. The third kappa shape index (κ3) is 2.38. The van der Waals surface area contributed by atoms with Crippen LogP contribution in [-0.4, -0.2) is 29.5 Å². The van der Waals surface area contributed by atoms with E-state index < -0.39 is 0 Å². The van der Waals surface area contributed by atoms with Gasteiger partial charge in [-0.1, -0.05) is 6.92 Å². The van der Waals surface area contributed by atoms with Crippen molar-refractivity contribution in [2.45, 2.75) is 32.2 Å². The molecule has 1 saturated heterocycles. The first-order valence-corrected chi connectivity index (χ1v) is 5.70. The van der Waals surface area contributed by atoms with Crippen LogP contribution < -0.4 is 5.73 Å². The first kappa shape index (κ1) is 10.6. The predicted octanol–water partition coefficient (Wildman–Crippen LogP) is 1.33. The third-order valence-corrected chi connectivity index (χ3v) is 3.08. The van der Waals surface area contributed by atoms with Gasteiger partial charge in [-0.05, 0) is 25.9 Å². The number of likely N-dealkylation sites (tertiary alicyclic amines) is 1. The van der Waals surface area contributed by atoms with Gasteiger partial charge in [-0.15, -0.1) is 0 Å². The van der Waals surface area contributed by atoms with Crippen molar-refractivity contribution in [1.29, 1.82) is 0 Å². The Hall–Kier alpha value is -0.870. The molecule has 1 aliphatic rings. The van der Waals surface area contributed by atoms with Gasteiger partial charge in [0.05, 0.1) is 5.69 Å². The van der Waals surface area contributed by atoms with Gasteiger partial charge in [0, 0.05) is 19.0 Å². The summed E-state index contributed by atoms with van der Waals surface area (Å²) in [4.78, 5) is 6.85. The second kappa shape index (κ2) is 4.77. The zero-order chi connectivity index (χ0) is 10.7. The Morgan fingerprint density at radius 3 is 3.20 bits per heavy atom. The van der Waals surface area contributed by atoms with Crippen LogP contribution in [0.25, 0.3) is 0 Å². The van der Waals surface area contributed by atoms with E-state index in [2.05, 4.69) is 16.8 Å². The van der Waals surface area contributed by atoms with Gasteiger partial charge in [-0.2, -0.15) is 0 Å². The smallest absolute Gasteiger partial charge is 0.198 e. The number of oxazole rings is 1. The van der Waals surface area contributed by atoms with Gasteiger partial charge < -0.3 is 15.1 Å². The van der Waals surface area contributed by atoms with E-state index in [4.69, 9.17) is 10.2 Å². The minimum atomic E-state index is 0.457. The molecular weight excluding hydrogens is 190 g/mol. The Labute approximate surface area is 90.5 Å². The summed E-state index contributed by atoms with van der Waals surface area (Å²) in [6, 6.07) is 0. The summed E-state index contributed by atoms with van der Waals surface area (Å²) < 4.78 is 5.47. The summed E-state index contributed by atoms with van der Waals surface area (Å²) in [6.07, 6.45) is 4.10. The van der Waals surface area contributed by atoms with E-state index >= 15 is 0 Å². The van der Waals surface area contributed by atoms with Crippen molar-refractivity contribution in [3.8, 4) is 0 Å². The molecule has 0 aromatic carbocycles. The van der Waals surface area contributed by atoms with Crippen LogP contribution in [0.15, 0.2) is 10.7 Å². The molecule has 4 nitrogen and oxygen atoms in total. The van der Waals surface area contributed by atoms with Crippen molar-refractivity contribution < 1.29 is 4.42 Å². The van der Waals surface area contributed by atoms with Crippen LogP contribution in [0.2, 0.25) is 0 Å². The average Bonchev–Trinajstić information content (AvgIpc) is 2.78. The number of nitrogens with two attached hydrogens (primary N) is 1. The Morgan fingerprint density at radius 2 is 2.53 bits per heavy atom. The monoisotopic (exact) mass is 209 g/mol. The molecule has 1 aromatic rings. The van der Waals surface area contributed by atoms with Gasteiger partial charge in [0.15, 0.2) is 5.89 Å². The summed E-state index contributed by atoms with van der Waals surface area (Å²) in [6.45, 7) is 6.05. The molecule has 0 aliphatic carbocycles. The van der Waals surface area contributed by atoms with Gasteiger partial charge >= 0.3 is 0 Å². The fourth-order valence-electron chi connectivity index (χ4n) is 2.15. The Balaban J connectivity index is 2.03. The predicted molar refractivity (Wildman–Crippen MR) is 58.5 cm³/mol. The maximum Gasteiger partial charge on any atom is 0.198 e. The lowest BCUT2D eigenvalue weighted by molar-refractivity contribution is 0.202. The highest BCUT2D eigenvalue weighted by molar-refractivity contribution is 5.02. The molecule has 1 aliphatic heterocycles. The molecule has 2 rings (SSSR count). The average molecular weight is 209 g/mol. The summed E-state index contributed by atoms with van der Waals surface area (Å²) in [5.41, 5.74) is 6.37. The molecule has 2 heterocycles. The zero-order valence-electron chi connectivity index (χ0n) is 9.28. The van der Waals surface area contributed by atoms with E-state index in [1.807, 2.05) is 0 Å². The first-order chi connectivity index (χ1) is 7.33. The van der Waals surface area contributed by atoms with Crippen molar-refractivity contribution in [3.05, 3.63) is 17.8 Å². The number of hydrogen-bond acceptors (Lipinski definition) is 4. The summed E-state index contributed by atoms with van der Waals surface area (Å²) in [7, 11) is 0. The molecule has 0 spiro atoms. The van der Waals surface area contributed by atoms with Crippen LogP contribution in [0, 0.1) is 0 Å². The highest BCUT2D eigenvalue weighted by atomic mass is 16.3. The van der Waals surface area contributed by atoms with Gasteiger partial charge in [0.1, 0.15) is 6.26 Å². The Kier molecular flexibility index (Phi) is 3.38. The lowest BCUT2D eigenvalue weighted by Crippen LogP contribution is -2.34. The van der Waals surface area contributed by atoms with E-state index in [-0.39, 0.29) is 0 Å². The van der Waals surface area contributed by atoms with Crippen LogP contribution in [-0.2, 0) is 6.54 Å². The van der Waals surface area contributed by atoms with Crippen LogP contribution in [0.3, 0.4) is 0 Å². The molecule has 15 heavy (non-hydrogen) atoms. The second-order valence-electron chi connectivity index (χ2n) is 4.11. The lowest BCUT2D eigenvalue weighted by Gasteiger charge is -2.29. The molecule has 1 aromatic heterocycles. The number of rotatable bonds is 3. The quantitative estimate of drug-likeness (QED) is 0.816. The highest BCUT2D eigenvalue weighted by Gasteiger charge is 2.23. The molecule has 4 heteroatoms. The third-order valence-electron chi connectivity index (χ3n) is 3.08. The van der Waals surface area contributed by atoms with E-state index in [0.717, 1.165) is 24.7 Å². The number of aromatic nitrogens is 1. The number of nitrogens with zero attached hydrogens (tertiary/aromatic N) is 2. The summed E-state index contributed by atoms with van der Waals surface area (Å²) >= 11 is 0. The molecular formula is C11H19N3O. The topological polar surface area (TPSA) is 55.3 Å². The van der Waals surface area contributed by atoms with Gasteiger partial charge in [0.2, 0.25) is 0 Å². The minimum absolute atomic E-state index is 0.457. The zero-order valence-corrected chi connectivity index (χ0v) is 9.28. The molecule has 1 unspecified atom stereocenters. The summed E-state index contributed by atoms with van der Waals surface area (Å²) in [5, 5.41) is 0. The standard InChI is InChI=1S/C11H19N3O/c1-2-14-5-3-4-9(7-14)11-13-10(6-12)8-15-11/h8-9H,2-7,12H2,1H3. The van der Waals surface area contributed by atoms with Crippen LogP contribution >= 0.6 is 0 Å². The number of piperidine rings is 1. The number of hydrogen-bond donors (Lipinski definition) is 1. The van der Waals surface area contributed by atoms with Crippen LogP contribution in [0.1, 0.15) is 37.3 Å².